The fourth-order valence-electron chi connectivity index (χ4n) is 2.27. The molecule has 6 nitrogen and oxygen atoms in total. The van der Waals surface area contributed by atoms with Crippen LogP contribution >= 0.6 is 0 Å². The summed E-state index contributed by atoms with van der Waals surface area (Å²) in [5.41, 5.74) is 1.19. The van der Waals surface area contributed by atoms with Crippen molar-refractivity contribution in [1.29, 1.82) is 0 Å². The average molecular weight is 325 g/mol. The number of nitrogens with one attached hydrogen (secondary N) is 2. The number of H-pyrrole nitrogens is 1. The molecule has 1 unspecified atom stereocenters. The lowest BCUT2D eigenvalue weighted by molar-refractivity contribution is -0.121. The van der Waals surface area contributed by atoms with Gasteiger partial charge in [-0.2, -0.15) is 5.10 Å². The van der Waals surface area contributed by atoms with Crippen LogP contribution in [-0.2, 0) is 11.2 Å². The number of amides is 1. The molecule has 1 aromatic carbocycles. The van der Waals surface area contributed by atoms with Crippen LogP contribution in [0.1, 0.15) is 24.4 Å². The molecule has 0 aliphatic rings. The first kappa shape index (κ1) is 15.8. The van der Waals surface area contributed by atoms with Crippen molar-refractivity contribution in [3.05, 3.63) is 66.0 Å². The van der Waals surface area contributed by atoms with Crippen molar-refractivity contribution in [2.24, 2.45) is 0 Å². The van der Waals surface area contributed by atoms with Gasteiger partial charge in [-0.05, 0) is 30.7 Å². The summed E-state index contributed by atoms with van der Waals surface area (Å²) in [6.07, 6.45) is 3.29. The zero-order valence-corrected chi connectivity index (χ0v) is 13.0. The fraction of sp³-hybridized carbons (Fsp3) is 0.176. The summed E-state index contributed by atoms with van der Waals surface area (Å²) in [4.78, 5) is 20.4. The lowest BCUT2D eigenvalue weighted by Gasteiger charge is -2.11. The SMILES string of the molecule is CC(NC(=O)Cc1ccccc1F)c1nc(-c2ccncc2)n[nH]1. The molecule has 122 valence electrons. The summed E-state index contributed by atoms with van der Waals surface area (Å²) in [6.45, 7) is 1.79. The Kier molecular flexibility index (Phi) is 4.60. The number of aromatic nitrogens is 4. The Hall–Kier alpha value is -3.09. The molecule has 2 heterocycles. The predicted octanol–water partition coefficient (Wildman–Crippen LogP) is 2.43. The molecular weight excluding hydrogens is 309 g/mol. The van der Waals surface area contributed by atoms with Gasteiger partial charge in [0.2, 0.25) is 5.91 Å². The molecule has 0 saturated heterocycles. The Morgan fingerprint density at radius 2 is 2.00 bits per heavy atom. The van der Waals surface area contributed by atoms with E-state index < -0.39 is 0 Å². The summed E-state index contributed by atoms with van der Waals surface area (Å²) in [6, 6.07) is 9.45. The van der Waals surface area contributed by atoms with Crippen LogP contribution in [0.25, 0.3) is 11.4 Å². The predicted molar refractivity (Wildman–Crippen MR) is 86.3 cm³/mol. The highest BCUT2D eigenvalue weighted by Crippen LogP contribution is 2.16. The molecular formula is C17H16FN5O. The van der Waals surface area contributed by atoms with Crippen LogP contribution in [0.4, 0.5) is 4.39 Å². The molecule has 7 heteroatoms. The number of benzene rings is 1. The molecule has 0 spiro atoms. The molecule has 0 aliphatic carbocycles. The van der Waals surface area contributed by atoms with E-state index in [1.54, 1.807) is 49.6 Å². The average Bonchev–Trinajstić information content (AvgIpc) is 3.08. The number of halogens is 1. The Labute approximate surface area is 138 Å². The third-order valence-electron chi connectivity index (χ3n) is 3.54. The zero-order valence-electron chi connectivity index (χ0n) is 13.0. The number of pyridine rings is 1. The molecule has 1 amide bonds. The summed E-state index contributed by atoms with van der Waals surface area (Å²) < 4.78 is 13.6. The van der Waals surface area contributed by atoms with E-state index in [4.69, 9.17) is 0 Å². The highest BCUT2D eigenvalue weighted by molar-refractivity contribution is 5.78. The van der Waals surface area contributed by atoms with Crippen LogP contribution in [0.5, 0.6) is 0 Å². The number of carbonyl (C=O) groups excluding carboxylic acids is 1. The summed E-state index contributed by atoms with van der Waals surface area (Å²) in [5.74, 6) is 0.390. The van der Waals surface area contributed by atoms with Crippen molar-refractivity contribution >= 4 is 5.91 Å². The molecule has 2 N–H and O–H groups in total. The summed E-state index contributed by atoms with van der Waals surface area (Å²) in [7, 11) is 0. The normalized spacial score (nSPS) is 11.9. The van der Waals surface area contributed by atoms with Gasteiger partial charge in [-0.1, -0.05) is 18.2 Å². The van der Waals surface area contributed by atoms with Gasteiger partial charge in [0, 0.05) is 18.0 Å². The number of nitrogens with zero attached hydrogens (tertiary/aromatic N) is 3. The van der Waals surface area contributed by atoms with Crippen molar-refractivity contribution in [1.82, 2.24) is 25.5 Å². The van der Waals surface area contributed by atoms with E-state index in [0.717, 1.165) is 5.56 Å². The van der Waals surface area contributed by atoms with E-state index >= 15 is 0 Å². The minimum absolute atomic E-state index is 0.0254. The zero-order chi connectivity index (χ0) is 16.9. The first-order chi connectivity index (χ1) is 11.6. The number of carbonyl (C=O) groups is 1. The van der Waals surface area contributed by atoms with E-state index in [0.29, 0.717) is 17.2 Å². The van der Waals surface area contributed by atoms with E-state index in [2.05, 4.69) is 25.5 Å². The molecule has 0 fully saturated rings. The molecule has 0 radical (unpaired) electrons. The molecule has 24 heavy (non-hydrogen) atoms. The van der Waals surface area contributed by atoms with Crippen LogP contribution in [0, 0.1) is 5.82 Å². The van der Waals surface area contributed by atoms with Crippen molar-refractivity contribution in [2.75, 3.05) is 0 Å². The summed E-state index contributed by atoms with van der Waals surface area (Å²) in [5, 5.41) is 9.74. The number of hydrogen-bond acceptors (Lipinski definition) is 4. The Balaban J connectivity index is 1.65. The third-order valence-corrected chi connectivity index (χ3v) is 3.54. The largest absolute Gasteiger partial charge is 0.346 e. The minimum Gasteiger partial charge on any atom is -0.346 e. The molecule has 1 atom stereocenters. The van der Waals surface area contributed by atoms with E-state index in [1.165, 1.54) is 6.07 Å². The van der Waals surface area contributed by atoms with Gasteiger partial charge in [0.15, 0.2) is 5.82 Å². The maximum absolute atomic E-state index is 13.6. The van der Waals surface area contributed by atoms with Gasteiger partial charge >= 0.3 is 0 Å². The van der Waals surface area contributed by atoms with Gasteiger partial charge in [-0.15, -0.1) is 0 Å². The minimum atomic E-state index is -0.389. The molecule has 0 aliphatic heterocycles. The first-order valence-corrected chi connectivity index (χ1v) is 7.49. The first-order valence-electron chi connectivity index (χ1n) is 7.49. The van der Waals surface area contributed by atoms with E-state index in [-0.39, 0.29) is 24.2 Å². The second kappa shape index (κ2) is 6.99. The third kappa shape index (κ3) is 3.62. The van der Waals surface area contributed by atoms with Crippen molar-refractivity contribution in [3.8, 4) is 11.4 Å². The molecule has 3 aromatic rings. The lowest BCUT2D eigenvalue weighted by Crippen LogP contribution is -2.29. The lowest BCUT2D eigenvalue weighted by atomic mass is 10.1. The van der Waals surface area contributed by atoms with E-state index in [9.17, 15) is 9.18 Å². The highest BCUT2D eigenvalue weighted by Gasteiger charge is 2.16. The van der Waals surface area contributed by atoms with Gasteiger partial charge in [0.25, 0.3) is 0 Å². The second-order valence-corrected chi connectivity index (χ2v) is 5.34. The summed E-state index contributed by atoms with van der Waals surface area (Å²) >= 11 is 0. The Morgan fingerprint density at radius 3 is 2.75 bits per heavy atom. The quantitative estimate of drug-likeness (QED) is 0.754. The van der Waals surface area contributed by atoms with Crippen LogP contribution in [0.3, 0.4) is 0 Å². The molecule has 3 rings (SSSR count). The number of hydrogen-bond donors (Lipinski definition) is 2. The highest BCUT2D eigenvalue weighted by atomic mass is 19.1. The van der Waals surface area contributed by atoms with E-state index in [1.807, 2.05) is 0 Å². The van der Waals surface area contributed by atoms with Gasteiger partial charge in [0.05, 0.1) is 12.5 Å². The van der Waals surface area contributed by atoms with Crippen molar-refractivity contribution in [3.63, 3.8) is 0 Å². The Morgan fingerprint density at radius 1 is 1.25 bits per heavy atom. The van der Waals surface area contributed by atoms with Gasteiger partial charge in [-0.25, -0.2) is 9.37 Å². The standard InChI is InChI=1S/C17H16FN5O/c1-11(20-15(24)10-13-4-2-3-5-14(13)18)16-21-17(23-22-16)12-6-8-19-9-7-12/h2-9,11H,10H2,1H3,(H,20,24)(H,21,22,23). The van der Waals surface area contributed by atoms with Crippen LogP contribution in [0.15, 0.2) is 48.8 Å². The topological polar surface area (TPSA) is 83.6 Å². The van der Waals surface area contributed by atoms with Gasteiger partial charge in [-0.3, -0.25) is 14.9 Å². The monoisotopic (exact) mass is 325 g/mol. The molecule has 0 saturated carbocycles. The second-order valence-electron chi connectivity index (χ2n) is 5.34. The Bertz CT molecular complexity index is 834. The van der Waals surface area contributed by atoms with Gasteiger partial charge < -0.3 is 5.32 Å². The van der Waals surface area contributed by atoms with Crippen LogP contribution in [0.2, 0.25) is 0 Å². The maximum Gasteiger partial charge on any atom is 0.225 e. The fourth-order valence-corrected chi connectivity index (χ4v) is 2.27. The molecule has 2 aromatic heterocycles. The number of aromatic amines is 1. The number of rotatable bonds is 5. The van der Waals surface area contributed by atoms with Crippen LogP contribution < -0.4 is 5.32 Å². The van der Waals surface area contributed by atoms with Crippen molar-refractivity contribution in [2.45, 2.75) is 19.4 Å². The maximum atomic E-state index is 13.6. The van der Waals surface area contributed by atoms with Crippen molar-refractivity contribution < 1.29 is 9.18 Å². The smallest absolute Gasteiger partial charge is 0.225 e. The molecule has 0 bridgehead atoms. The van der Waals surface area contributed by atoms with Gasteiger partial charge in [0.1, 0.15) is 11.6 Å². The van der Waals surface area contributed by atoms with Crippen LogP contribution in [-0.4, -0.2) is 26.1 Å².